The second-order valence-corrected chi connectivity index (χ2v) is 6.75. The van der Waals surface area contributed by atoms with E-state index in [-0.39, 0.29) is 5.91 Å². The minimum Gasteiger partial charge on any atom is -0.388 e. The molecule has 0 radical (unpaired) electrons. The molecule has 1 atom stereocenters. The normalized spacial score (nSPS) is 16.9. The van der Waals surface area contributed by atoms with Gasteiger partial charge in [0.25, 0.3) is 0 Å². The summed E-state index contributed by atoms with van der Waals surface area (Å²) in [6, 6.07) is 9.68. The van der Waals surface area contributed by atoms with Crippen molar-refractivity contribution in [2.75, 3.05) is 52.4 Å². The van der Waals surface area contributed by atoms with Crippen LogP contribution in [0, 0.1) is 0 Å². The SMILES string of the molecule is CCNC(=NCCC(O)c1ccccc1)NCCN1CCN(C(C)=O)CC1. The summed E-state index contributed by atoms with van der Waals surface area (Å²) in [5, 5.41) is 16.8. The first-order chi connectivity index (χ1) is 13.1. The number of aliphatic hydroxyl groups is 1. The molecular weight excluding hydrogens is 342 g/mol. The van der Waals surface area contributed by atoms with Gasteiger partial charge >= 0.3 is 0 Å². The molecule has 1 saturated heterocycles. The molecular formula is C20H33N5O2. The molecule has 7 heteroatoms. The molecule has 1 aliphatic rings. The van der Waals surface area contributed by atoms with Crippen LogP contribution in [0.3, 0.4) is 0 Å². The Hall–Kier alpha value is -2.12. The number of guanidine groups is 1. The Labute approximate surface area is 162 Å². The largest absolute Gasteiger partial charge is 0.388 e. The van der Waals surface area contributed by atoms with E-state index in [9.17, 15) is 9.90 Å². The van der Waals surface area contributed by atoms with Gasteiger partial charge in [0.2, 0.25) is 5.91 Å². The van der Waals surface area contributed by atoms with Crippen molar-refractivity contribution < 1.29 is 9.90 Å². The molecule has 1 aromatic rings. The van der Waals surface area contributed by atoms with Crippen molar-refractivity contribution in [1.82, 2.24) is 20.4 Å². The van der Waals surface area contributed by atoms with E-state index in [2.05, 4.69) is 20.5 Å². The molecule has 0 spiro atoms. The quantitative estimate of drug-likeness (QED) is 0.463. The summed E-state index contributed by atoms with van der Waals surface area (Å²) in [6.45, 7) is 10.2. The zero-order chi connectivity index (χ0) is 19.5. The van der Waals surface area contributed by atoms with Gasteiger partial charge in [-0.15, -0.1) is 0 Å². The lowest BCUT2D eigenvalue weighted by Gasteiger charge is -2.34. The lowest BCUT2D eigenvalue weighted by atomic mass is 10.1. The fourth-order valence-electron chi connectivity index (χ4n) is 3.10. The third-order valence-corrected chi connectivity index (χ3v) is 4.74. The molecule has 150 valence electrons. The van der Waals surface area contributed by atoms with Gasteiger partial charge in [-0.2, -0.15) is 0 Å². The number of benzene rings is 1. The van der Waals surface area contributed by atoms with Crippen LogP contribution < -0.4 is 10.6 Å². The smallest absolute Gasteiger partial charge is 0.219 e. The maximum atomic E-state index is 11.4. The molecule has 3 N–H and O–H groups in total. The highest BCUT2D eigenvalue weighted by atomic mass is 16.3. The summed E-state index contributed by atoms with van der Waals surface area (Å²) in [5.74, 6) is 0.937. The number of aliphatic hydroxyl groups excluding tert-OH is 1. The second-order valence-electron chi connectivity index (χ2n) is 6.75. The molecule has 0 bridgehead atoms. The number of hydrogen-bond acceptors (Lipinski definition) is 4. The van der Waals surface area contributed by atoms with Crippen LogP contribution in [-0.2, 0) is 4.79 Å². The maximum Gasteiger partial charge on any atom is 0.219 e. The first-order valence-corrected chi connectivity index (χ1v) is 9.83. The molecule has 1 amide bonds. The van der Waals surface area contributed by atoms with Crippen LogP contribution in [0.15, 0.2) is 35.3 Å². The van der Waals surface area contributed by atoms with E-state index in [0.717, 1.165) is 57.3 Å². The predicted molar refractivity (Wildman–Crippen MR) is 109 cm³/mol. The monoisotopic (exact) mass is 375 g/mol. The number of piperazine rings is 1. The minimum absolute atomic E-state index is 0.159. The summed E-state index contributed by atoms with van der Waals surface area (Å²) in [5.41, 5.74) is 0.926. The zero-order valence-electron chi connectivity index (χ0n) is 16.5. The number of carbonyl (C=O) groups excluding carboxylic acids is 1. The standard InChI is InChI=1S/C20H33N5O2/c1-3-21-20(22-10-9-19(27)18-7-5-4-6-8-18)23-11-12-24-13-15-25(16-14-24)17(2)26/h4-8,19,27H,3,9-16H2,1-2H3,(H2,21,22,23). The Balaban J connectivity index is 1.70. The zero-order valence-corrected chi connectivity index (χ0v) is 16.5. The van der Waals surface area contributed by atoms with Gasteiger partial charge in [0.15, 0.2) is 5.96 Å². The van der Waals surface area contributed by atoms with Crippen molar-refractivity contribution in [3.05, 3.63) is 35.9 Å². The third kappa shape index (κ3) is 7.56. The minimum atomic E-state index is -0.490. The van der Waals surface area contributed by atoms with Gasteiger partial charge in [-0.05, 0) is 18.9 Å². The number of aliphatic imine (C=N–C) groups is 1. The summed E-state index contributed by atoms with van der Waals surface area (Å²) < 4.78 is 0. The number of rotatable bonds is 8. The average Bonchev–Trinajstić information content (AvgIpc) is 2.69. The molecule has 2 rings (SSSR count). The van der Waals surface area contributed by atoms with Gasteiger partial charge in [0, 0.05) is 59.3 Å². The van der Waals surface area contributed by atoms with Crippen LogP contribution in [0.2, 0.25) is 0 Å². The maximum absolute atomic E-state index is 11.4. The molecule has 27 heavy (non-hydrogen) atoms. The van der Waals surface area contributed by atoms with Gasteiger partial charge in [-0.3, -0.25) is 14.7 Å². The highest BCUT2D eigenvalue weighted by Crippen LogP contribution is 2.15. The summed E-state index contributed by atoms with van der Waals surface area (Å²) in [7, 11) is 0. The Morgan fingerprint density at radius 1 is 1.19 bits per heavy atom. The van der Waals surface area contributed by atoms with Gasteiger partial charge in [0.05, 0.1) is 6.10 Å². The van der Waals surface area contributed by atoms with E-state index >= 15 is 0 Å². The highest BCUT2D eigenvalue weighted by molar-refractivity contribution is 5.79. The number of hydrogen-bond donors (Lipinski definition) is 3. The second kappa shape index (κ2) is 11.6. The fraction of sp³-hybridized carbons (Fsp3) is 0.600. The molecule has 0 saturated carbocycles. The first-order valence-electron chi connectivity index (χ1n) is 9.83. The number of nitrogens with one attached hydrogen (secondary N) is 2. The van der Waals surface area contributed by atoms with Crippen molar-refractivity contribution in [2.45, 2.75) is 26.4 Å². The van der Waals surface area contributed by atoms with Gasteiger partial charge in [-0.25, -0.2) is 0 Å². The van der Waals surface area contributed by atoms with E-state index in [0.29, 0.717) is 13.0 Å². The third-order valence-electron chi connectivity index (χ3n) is 4.74. The topological polar surface area (TPSA) is 80.2 Å². The Morgan fingerprint density at radius 3 is 2.52 bits per heavy atom. The number of amides is 1. The van der Waals surface area contributed by atoms with Crippen molar-refractivity contribution in [2.24, 2.45) is 4.99 Å². The molecule has 0 aromatic heterocycles. The Morgan fingerprint density at radius 2 is 1.89 bits per heavy atom. The lowest BCUT2D eigenvalue weighted by molar-refractivity contribution is -0.130. The van der Waals surface area contributed by atoms with Crippen LogP contribution in [0.1, 0.15) is 31.9 Å². The predicted octanol–water partition coefficient (Wildman–Crippen LogP) is 0.829. The van der Waals surface area contributed by atoms with E-state index in [1.165, 1.54) is 0 Å². The van der Waals surface area contributed by atoms with Gasteiger partial charge in [0.1, 0.15) is 0 Å². The fourth-order valence-corrected chi connectivity index (χ4v) is 3.10. The van der Waals surface area contributed by atoms with E-state index in [4.69, 9.17) is 0 Å². The summed E-state index contributed by atoms with van der Waals surface area (Å²) in [6.07, 6.45) is 0.100. The van der Waals surface area contributed by atoms with E-state index in [1.54, 1.807) is 6.92 Å². The van der Waals surface area contributed by atoms with Crippen molar-refractivity contribution in [1.29, 1.82) is 0 Å². The molecule has 1 heterocycles. The summed E-state index contributed by atoms with van der Waals surface area (Å²) in [4.78, 5) is 20.2. The van der Waals surface area contributed by atoms with E-state index in [1.807, 2.05) is 42.2 Å². The van der Waals surface area contributed by atoms with Crippen LogP contribution in [0.25, 0.3) is 0 Å². The molecule has 1 unspecified atom stereocenters. The van der Waals surface area contributed by atoms with Crippen LogP contribution in [0.4, 0.5) is 0 Å². The average molecular weight is 376 g/mol. The van der Waals surface area contributed by atoms with Gasteiger partial charge in [-0.1, -0.05) is 30.3 Å². The van der Waals surface area contributed by atoms with Crippen molar-refractivity contribution in [3.8, 4) is 0 Å². The van der Waals surface area contributed by atoms with E-state index < -0.39 is 6.10 Å². The lowest BCUT2D eigenvalue weighted by Crippen LogP contribution is -2.50. The summed E-state index contributed by atoms with van der Waals surface area (Å²) >= 11 is 0. The molecule has 0 aliphatic carbocycles. The van der Waals surface area contributed by atoms with Crippen LogP contribution in [0.5, 0.6) is 0 Å². The first kappa shape index (κ1) is 21.2. The van der Waals surface area contributed by atoms with Crippen molar-refractivity contribution in [3.63, 3.8) is 0 Å². The van der Waals surface area contributed by atoms with Crippen LogP contribution >= 0.6 is 0 Å². The molecule has 1 aromatic carbocycles. The van der Waals surface area contributed by atoms with Gasteiger partial charge < -0.3 is 20.6 Å². The van der Waals surface area contributed by atoms with Crippen molar-refractivity contribution >= 4 is 11.9 Å². The highest BCUT2D eigenvalue weighted by Gasteiger charge is 2.17. The number of nitrogens with zero attached hydrogens (tertiary/aromatic N) is 3. The van der Waals surface area contributed by atoms with Crippen LogP contribution in [-0.4, -0.2) is 79.1 Å². The molecule has 7 nitrogen and oxygen atoms in total. The molecule has 1 fully saturated rings. The molecule has 1 aliphatic heterocycles. The Kier molecular flexibility index (Phi) is 9.07. The number of carbonyl (C=O) groups is 1. The Bertz CT molecular complexity index is 585.